The second-order valence-electron chi connectivity index (χ2n) is 4.76. The van der Waals surface area contributed by atoms with E-state index in [9.17, 15) is 9.18 Å². The molecule has 0 unspecified atom stereocenters. The van der Waals surface area contributed by atoms with Crippen LogP contribution in [0.3, 0.4) is 0 Å². The Balaban J connectivity index is 1.64. The van der Waals surface area contributed by atoms with E-state index in [1.807, 2.05) is 18.2 Å². The SMILES string of the molecule is O=C(NCCc1ccc2ncoc2c1)c1c(F)cccc1Cl. The zero-order chi connectivity index (χ0) is 15.5. The van der Waals surface area contributed by atoms with Crippen molar-refractivity contribution in [2.24, 2.45) is 0 Å². The van der Waals surface area contributed by atoms with E-state index in [2.05, 4.69) is 10.3 Å². The maximum absolute atomic E-state index is 13.6. The molecule has 0 atom stereocenters. The normalized spacial score (nSPS) is 10.8. The van der Waals surface area contributed by atoms with Crippen LogP contribution in [0.25, 0.3) is 11.1 Å². The lowest BCUT2D eigenvalue weighted by Crippen LogP contribution is -2.26. The number of halogens is 2. The first-order valence-corrected chi connectivity index (χ1v) is 7.07. The lowest BCUT2D eigenvalue weighted by Gasteiger charge is -2.07. The van der Waals surface area contributed by atoms with E-state index in [0.29, 0.717) is 18.5 Å². The average Bonchev–Trinajstić information content (AvgIpc) is 2.94. The Morgan fingerprint density at radius 1 is 1.32 bits per heavy atom. The average molecular weight is 319 g/mol. The van der Waals surface area contributed by atoms with Crippen molar-refractivity contribution in [2.75, 3.05) is 6.54 Å². The molecule has 1 amide bonds. The highest BCUT2D eigenvalue weighted by Crippen LogP contribution is 2.19. The first-order chi connectivity index (χ1) is 10.6. The Morgan fingerprint density at radius 2 is 2.18 bits per heavy atom. The number of carbonyl (C=O) groups is 1. The van der Waals surface area contributed by atoms with Crippen LogP contribution in [0.15, 0.2) is 47.2 Å². The number of nitrogens with one attached hydrogen (secondary N) is 1. The highest BCUT2D eigenvalue weighted by Gasteiger charge is 2.15. The summed E-state index contributed by atoms with van der Waals surface area (Å²) in [5.41, 5.74) is 2.34. The van der Waals surface area contributed by atoms with E-state index >= 15 is 0 Å². The standard InChI is InChI=1S/C16H12ClFN2O2/c17-11-2-1-3-12(18)15(11)16(21)19-7-6-10-4-5-13-14(8-10)22-9-20-13/h1-5,8-9H,6-7H2,(H,19,21). The Bertz CT molecular complexity index is 812. The Kier molecular flexibility index (Phi) is 4.06. The summed E-state index contributed by atoms with van der Waals surface area (Å²) in [6.07, 6.45) is 1.98. The number of hydrogen-bond donors (Lipinski definition) is 1. The molecule has 0 fully saturated rings. The van der Waals surface area contributed by atoms with Crippen LogP contribution in [-0.4, -0.2) is 17.4 Å². The summed E-state index contributed by atoms with van der Waals surface area (Å²) in [5.74, 6) is -1.16. The van der Waals surface area contributed by atoms with Gasteiger partial charge >= 0.3 is 0 Å². The van der Waals surface area contributed by atoms with Gasteiger partial charge in [-0.25, -0.2) is 9.37 Å². The molecule has 6 heteroatoms. The molecule has 0 aliphatic rings. The first-order valence-electron chi connectivity index (χ1n) is 6.69. The van der Waals surface area contributed by atoms with Crippen LogP contribution < -0.4 is 5.32 Å². The summed E-state index contributed by atoms with van der Waals surface area (Å²) in [7, 11) is 0. The third-order valence-electron chi connectivity index (χ3n) is 3.28. The molecule has 3 rings (SSSR count). The Morgan fingerprint density at radius 3 is 3.00 bits per heavy atom. The second kappa shape index (κ2) is 6.15. The van der Waals surface area contributed by atoms with Crippen LogP contribution in [-0.2, 0) is 6.42 Å². The maximum Gasteiger partial charge on any atom is 0.255 e. The minimum atomic E-state index is -0.631. The zero-order valence-electron chi connectivity index (χ0n) is 11.5. The predicted octanol–water partition coefficient (Wildman–Crippen LogP) is 3.59. The van der Waals surface area contributed by atoms with Crippen molar-refractivity contribution in [1.82, 2.24) is 10.3 Å². The van der Waals surface area contributed by atoms with Crippen LogP contribution in [0.4, 0.5) is 4.39 Å². The van der Waals surface area contributed by atoms with Gasteiger partial charge in [-0.2, -0.15) is 0 Å². The summed E-state index contributed by atoms with van der Waals surface area (Å²) in [6.45, 7) is 0.364. The molecule has 112 valence electrons. The van der Waals surface area contributed by atoms with Crippen molar-refractivity contribution in [3.8, 4) is 0 Å². The number of oxazole rings is 1. The molecular formula is C16H12ClFN2O2. The fraction of sp³-hybridized carbons (Fsp3) is 0.125. The van der Waals surface area contributed by atoms with Gasteiger partial charge in [-0.05, 0) is 36.2 Å². The first kappa shape index (κ1) is 14.5. The van der Waals surface area contributed by atoms with Crippen LogP contribution in [0, 0.1) is 5.82 Å². The number of amides is 1. The summed E-state index contributed by atoms with van der Waals surface area (Å²) in [5, 5.41) is 2.76. The van der Waals surface area contributed by atoms with E-state index < -0.39 is 11.7 Å². The second-order valence-corrected chi connectivity index (χ2v) is 5.16. The highest BCUT2D eigenvalue weighted by molar-refractivity contribution is 6.33. The number of nitrogens with zero attached hydrogens (tertiary/aromatic N) is 1. The van der Waals surface area contributed by atoms with Crippen molar-refractivity contribution in [3.63, 3.8) is 0 Å². The maximum atomic E-state index is 13.6. The minimum absolute atomic E-state index is 0.0978. The Hall–Kier alpha value is -2.40. The summed E-state index contributed by atoms with van der Waals surface area (Å²) < 4.78 is 18.8. The van der Waals surface area contributed by atoms with Crippen molar-refractivity contribution in [3.05, 3.63) is 64.8 Å². The summed E-state index contributed by atoms with van der Waals surface area (Å²) >= 11 is 5.85. The highest BCUT2D eigenvalue weighted by atomic mass is 35.5. The van der Waals surface area contributed by atoms with Crippen LogP contribution in [0.5, 0.6) is 0 Å². The lowest BCUT2D eigenvalue weighted by atomic mass is 10.1. The fourth-order valence-corrected chi connectivity index (χ4v) is 2.43. The van der Waals surface area contributed by atoms with Gasteiger partial charge in [-0.3, -0.25) is 4.79 Å². The third-order valence-corrected chi connectivity index (χ3v) is 3.60. The molecule has 22 heavy (non-hydrogen) atoms. The fourth-order valence-electron chi connectivity index (χ4n) is 2.18. The lowest BCUT2D eigenvalue weighted by molar-refractivity contribution is 0.0950. The van der Waals surface area contributed by atoms with Crippen molar-refractivity contribution in [1.29, 1.82) is 0 Å². The van der Waals surface area contributed by atoms with E-state index in [-0.39, 0.29) is 10.6 Å². The smallest absolute Gasteiger partial charge is 0.255 e. The van der Waals surface area contributed by atoms with E-state index in [4.69, 9.17) is 16.0 Å². The number of aromatic nitrogens is 1. The van der Waals surface area contributed by atoms with Crippen molar-refractivity contribution in [2.45, 2.75) is 6.42 Å². The Labute approximate surface area is 130 Å². The van der Waals surface area contributed by atoms with E-state index in [0.717, 1.165) is 11.1 Å². The topological polar surface area (TPSA) is 55.1 Å². The minimum Gasteiger partial charge on any atom is -0.443 e. The van der Waals surface area contributed by atoms with Crippen molar-refractivity contribution < 1.29 is 13.6 Å². The van der Waals surface area contributed by atoms with Gasteiger partial charge in [0.25, 0.3) is 5.91 Å². The molecule has 1 aromatic heterocycles. The molecule has 0 spiro atoms. The van der Waals surface area contributed by atoms with Crippen LogP contribution >= 0.6 is 11.6 Å². The molecule has 0 aliphatic heterocycles. The van der Waals surface area contributed by atoms with Gasteiger partial charge in [0.05, 0.1) is 10.6 Å². The predicted molar refractivity (Wildman–Crippen MR) is 81.5 cm³/mol. The van der Waals surface area contributed by atoms with Crippen LogP contribution in [0.2, 0.25) is 5.02 Å². The van der Waals surface area contributed by atoms with Gasteiger partial charge in [-0.1, -0.05) is 23.7 Å². The molecule has 0 aliphatic carbocycles. The molecule has 0 radical (unpaired) electrons. The zero-order valence-corrected chi connectivity index (χ0v) is 12.2. The number of rotatable bonds is 4. The summed E-state index contributed by atoms with van der Waals surface area (Å²) in [4.78, 5) is 16.0. The van der Waals surface area contributed by atoms with Crippen LogP contribution in [0.1, 0.15) is 15.9 Å². The molecule has 2 aromatic carbocycles. The summed E-state index contributed by atoms with van der Waals surface area (Å²) in [6, 6.07) is 9.78. The number of fused-ring (bicyclic) bond motifs is 1. The molecule has 3 aromatic rings. The van der Waals surface area contributed by atoms with E-state index in [1.54, 1.807) is 0 Å². The third kappa shape index (κ3) is 2.94. The number of carbonyl (C=O) groups excluding carboxylic acids is 1. The molecule has 1 heterocycles. The monoisotopic (exact) mass is 318 g/mol. The molecule has 4 nitrogen and oxygen atoms in total. The number of hydrogen-bond acceptors (Lipinski definition) is 3. The van der Waals surface area contributed by atoms with E-state index in [1.165, 1.54) is 24.6 Å². The van der Waals surface area contributed by atoms with Gasteiger partial charge < -0.3 is 9.73 Å². The molecule has 0 saturated heterocycles. The quantitative estimate of drug-likeness (QED) is 0.799. The van der Waals surface area contributed by atoms with Gasteiger partial charge in [-0.15, -0.1) is 0 Å². The van der Waals surface area contributed by atoms with Gasteiger partial charge in [0.1, 0.15) is 11.3 Å². The van der Waals surface area contributed by atoms with Crippen molar-refractivity contribution >= 4 is 28.6 Å². The van der Waals surface area contributed by atoms with Gasteiger partial charge in [0, 0.05) is 6.54 Å². The molecule has 0 bridgehead atoms. The largest absolute Gasteiger partial charge is 0.443 e. The molecule has 1 N–H and O–H groups in total. The molecule has 0 saturated carbocycles. The number of benzene rings is 2. The van der Waals surface area contributed by atoms with Gasteiger partial charge in [0.15, 0.2) is 12.0 Å². The van der Waals surface area contributed by atoms with Gasteiger partial charge in [0.2, 0.25) is 0 Å². The molecular weight excluding hydrogens is 307 g/mol.